The molecule has 2 aromatic carbocycles. The van der Waals surface area contributed by atoms with Gasteiger partial charge in [0.25, 0.3) is 0 Å². The number of amides is 1. The maximum absolute atomic E-state index is 12.2. The number of furan rings is 2. The predicted molar refractivity (Wildman–Crippen MR) is 101 cm³/mol. The smallest absolute Gasteiger partial charge is 0.248 e. The normalized spacial score (nSPS) is 11.5. The number of fused-ring (bicyclic) bond motifs is 3. The van der Waals surface area contributed by atoms with E-state index in [1.54, 1.807) is 25.3 Å². The fraction of sp³-hybridized carbons (Fsp3) is 0.0952. The number of ether oxygens (including phenoxy) is 1. The maximum Gasteiger partial charge on any atom is 0.248 e. The number of anilines is 1. The first-order valence-electron chi connectivity index (χ1n) is 8.19. The molecule has 0 aliphatic rings. The number of benzene rings is 2. The van der Waals surface area contributed by atoms with Gasteiger partial charge in [-0.15, -0.1) is 0 Å². The lowest BCUT2D eigenvalue weighted by Crippen LogP contribution is -2.08. The van der Waals surface area contributed by atoms with Gasteiger partial charge in [0.15, 0.2) is 0 Å². The van der Waals surface area contributed by atoms with Crippen LogP contribution in [0.4, 0.5) is 5.69 Å². The van der Waals surface area contributed by atoms with E-state index in [1.165, 1.54) is 6.08 Å². The molecule has 0 unspecified atom stereocenters. The number of carbonyl (C=O) groups excluding carboxylic acids is 1. The standard InChI is InChI=1S/C21H17NO4/c1-13-7-8-14(25-13)9-10-21(23)22-17-12-19-16(11-20(17)24-2)15-5-3-4-6-18(15)26-19/h3-12H,1-2H3,(H,22,23)/b10-9+. The molecule has 0 saturated carbocycles. The van der Waals surface area contributed by atoms with Crippen molar-refractivity contribution in [2.75, 3.05) is 12.4 Å². The van der Waals surface area contributed by atoms with Crippen molar-refractivity contribution in [1.29, 1.82) is 0 Å². The van der Waals surface area contributed by atoms with Gasteiger partial charge in [-0.1, -0.05) is 18.2 Å². The summed E-state index contributed by atoms with van der Waals surface area (Å²) < 4.78 is 16.7. The van der Waals surface area contributed by atoms with Crippen LogP contribution >= 0.6 is 0 Å². The summed E-state index contributed by atoms with van der Waals surface area (Å²) in [6.07, 6.45) is 3.04. The molecule has 1 amide bonds. The summed E-state index contributed by atoms with van der Waals surface area (Å²) in [5.41, 5.74) is 2.03. The van der Waals surface area contributed by atoms with Crippen LogP contribution in [0.5, 0.6) is 5.75 Å². The van der Waals surface area contributed by atoms with Gasteiger partial charge < -0.3 is 18.9 Å². The lowest BCUT2D eigenvalue weighted by Gasteiger charge is -2.08. The van der Waals surface area contributed by atoms with Gasteiger partial charge in [-0.05, 0) is 37.3 Å². The molecule has 2 heterocycles. The molecule has 4 rings (SSSR count). The van der Waals surface area contributed by atoms with Crippen molar-refractivity contribution in [3.63, 3.8) is 0 Å². The Bertz CT molecular complexity index is 1130. The highest BCUT2D eigenvalue weighted by atomic mass is 16.5. The second-order valence-corrected chi connectivity index (χ2v) is 5.92. The summed E-state index contributed by atoms with van der Waals surface area (Å²) in [7, 11) is 1.57. The van der Waals surface area contributed by atoms with Gasteiger partial charge in [0, 0.05) is 22.9 Å². The SMILES string of the molecule is COc1cc2c(cc1NC(=O)/C=C/c1ccc(C)o1)oc1ccccc12. The lowest BCUT2D eigenvalue weighted by molar-refractivity contribution is -0.111. The Kier molecular flexibility index (Phi) is 3.97. The minimum atomic E-state index is -0.284. The Morgan fingerprint density at radius 2 is 1.88 bits per heavy atom. The van der Waals surface area contributed by atoms with Crippen molar-refractivity contribution in [3.05, 3.63) is 66.1 Å². The van der Waals surface area contributed by atoms with Gasteiger partial charge in [-0.25, -0.2) is 0 Å². The Labute approximate surface area is 149 Å². The molecule has 0 fully saturated rings. The molecule has 0 spiro atoms. The van der Waals surface area contributed by atoms with Crippen LogP contribution < -0.4 is 10.1 Å². The van der Waals surface area contributed by atoms with Crippen LogP contribution in [-0.4, -0.2) is 13.0 Å². The molecule has 2 aromatic heterocycles. The molecule has 1 N–H and O–H groups in total. The largest absolute Gasteiger partial charge is 0.495 e. The molecule has 0 radical (unpaired) electrons. The number of para-hydroxylation sites is 1. The lowest BCUT2D eigenvalue weighted by atomic mass is 10.1. The van der Waals surface area contributed by atoms with E-state index in [-0.39, 0.29) is 5.91 Å². The van der Waals surface area contributed by atoms with Crippen LogP contribution in [0.3, 0.4) is 0 Å². The Balaban J connectivity index is 1.65. The number of hydrogen-bond acceptors (Lipinski definition) is 4. The number of aryl methyl sites for hydroxylation is 1. The fourth-order valence-electron chi connectivity index (χ4n) is 2.89. The van der Waals surface area contributed by atoms with Crippen molar-refractivity contribution < 1.29 is 18.4 Å². The average Bonchev–Trinajstić information content (AvgIpc) is 3.22. The summed E-state index contributed by atoms with van der Waals surface area (Å²) in [5, 5.41) is 4.77. The Hall–Kier alpha value is -3.47. The summed E-state index contributed by atoms with van der Waals surface area (Å²) in [4.78, 5) is 12.2. The molecule has 0 bridgehead atoms. The number of nitrogens with one attached hydrogen (secondary N) is 1. The fourth-order valence-corrected chi connectivity index (χ4v) is 2.89. The van der Waals surface area contributed by atoms with Crippen molar-refractivity contribution in [3.8, 4) is 5.75 Å². The van der Waals surface area contributed by atoms with Gasteiger partial charge in [-0.3, -0.25) is 4.79 Å². The average molecular weight is 347 g/mol. The van der Waals surface area contributed by atoms with E-state index in [9.17, 15) is 4.79 Å². The predicted octanol–water partition coefficient (Wildman–Crippen LogP) is 5.15. The van der Waals surface area contributed by atoms with Crippen LogP contribution in [0.25, 0.3) is 28.0 Å². The van der Waals surface area contributed by atoms with E-state index < -0.39 is 0 Å². The minimum Gasteiger partial charge on any atom is -0.495 e. The number of rotatable bonds is 4. The zero-order valence-electron chi connectivity index (χ0n) is 14.4. The highest BCUT2D eigenvalue weighted by Crippen LogP contribution is 2.36. The number of hydrogen-bond donors (Lipinski definition) is 1. The van der Waals surface area contributed by atoms with Crippen molar-refractivity contribution in [1.82, 2.24) is 0 Å². The van der Waals surface area contributed by atoms with E-state index in [1.807, 2.05) is 43.3 Å². The quantitative estimate of drug-likeness (QED) is 0.519. The third-order valence-electron chi connectivity index (χ3n) is 4.12. The Morgan fingerprint density at radius 1 is 1.04 bits per heavy atom. The third-order valence-corrected chi connectivity index (χ3v) is 4.12. The van der Waals surface area contributed by atoms with Gasteiger partial charge in [0.05, 0.1) is 12.8 Å². The molecule has 130 valence electrons. The summed E-state index contributed by atoms with van der Waals surface area (Å²) in [6.45, 7) is 1.85. The van der Waals surface area contributed by atoms with E-state index in [4.69, 9.17) is 13.6 Å². The van der Waals surface area contributed by atoms with Crippen LogP contribution in [0, 0.1) is 6.92 Å². The van der Waals surface area contributed by atoms with E-state index in [2.05, 4.69) is 5.32 Å². The Morgan fingerprint density at radius 3 is 2.65 bits per heavy atom. The molecular weight excluding hydrogens is 330 g/mol. The molecule has 0 aliphatic carbocycles. The van der Waals surface area contributed by atoms with Gasteiger partial charge in [-0.2, -0.15) is 0 Å². The topological polar surface area (TPSA) is 64.6 Å². The summed E-state index contributed by atoms with van der Waals surface area (Å²) in [6, 6.07) is 15.1. The second-order valence-electron chi connectivity index (χ2n) is 5.92. The second kappa shape index (κ2) is 6.44. The van der Waals surface area contributed by atoms with Crippen molar-refractivity contribution in [2.45, 2.75) is 6.92 Å². The van der Waals surface area contributed by atoms with E-state index in [0.717, 1.165) is 22.1 Å². The van der Waals surface area contributed by atoms with Gasteiger partial charge >= 0.3 is 0 Å². The molecule has 5 heteroatoms. The monoisotopic (exact) mass is 347 g/mol. The first-order valence-corrected chi connectivity index (χ1v) is 8.19. The highest BCUT2D eigenvalue weighted by Gasteiger charge is 2.13. The van der Waals surface area contributed by atoms with Crippen LogP contribution in [0.2, 0.25) is 0 Å². The number of carbonyl (C=O) groups is 1. The molecule has 0 atom stereocenters. The molecule has 4 aromatic rings. The number of methoxy groups -OCH3 is 1. The van der Waals surface area contributed by atoms with Gasteiger partial charge in [0.1, 0.15) is 28.4 Å². The highest BCUT2D eigenvalue weighted by molar-refractivity contribution is 6.09. The molecule has 0 aliphatic heterocycles. The van der Waals surface area contributed by atoms with Crippen LogP contribution in [0.1, 0.15) is 11.5 Å². The van der Waals surface area contributed by atoms with E-state index in [0.29, 0.717) is 22.8 Å². The van der Waals surface area contributed by atoms with Crippen molar-refractivity contribution >= 4 is 39.6 Å². The molecule has 5 nitrogen and oxygen atoms in total. The van der Waals surface area contributed by atoms with Gasteiger partial charge in [0.2, 0.25) is 5.91 Å². The summed E-state index contributed by atoms with van der Waals surface area (Å²) >= 11 is 0. The molecule has 26 heavy (non-hydrogen) atoms. The van der Waals surface area contributed by atoms with Crippen LogP contribution in [0.15, 0.2) is 63.4 Å². The van der Waals surface area contributed by atoms with E-state index >= 15 is 0 Å². The third kappa shape index (κ3) is 2.95. The molecular formula is C21H17NO4. The zero-order chi connectivity index (χ0) is 18.1. The minimum absolute atomic E-state index is 0.284. The van der Waals surface area contributed by atoms with Crippen LogP contribution in [-0.2, 0) is 4.79 Å². The maximum atomic E-state index is 12.2. The first kappa shape index (κ1) is 16.0. The van der Waals surface area contributed by atoms with Crippen molar-refractivity contribution in [2.24, 2.45) is 0 Å². The zero-order valence-corrected chi connectivity index (χ0v) is 14.4. The molecule has 0 saturated heterocycles. The summed E-state index contributed by atoms with van der Waals surface area (Å²) in [5.74, 6) is 1.70. The first-order chi connectivity index (χ1) is 12.6.